The molecule has 2 rings (SSSR count). The summed E-state index contributed by atoms with van der Waals surface area (Å²) in [6.45, 7) is 8.72. The molecule has 24 heavy (non-hydrogen) atoms. The second kappa shape index (κ2) is 9.56. The SMILES string of the molecule is C=C=C(C/C=C/COCC=C)N1C(=O)OC[C@H]1Cc1ccccc1. The molecule has 1 atom stereocenters. The zero-order chi connectivity index (χ0) is 17.2. The van der Waals surface area contributed by atoms with Crippen molar-refractivity contribution in [3.63, 3.8) is 0 Å². The number of rotatable bonds is 9. The first-order chi connectivity index (χ1) is 11.8. The molecular formula is C20H23NO3. The van der Waals surface area contributed by atoms with E-state index in [-0.39, 0.29) is 12.1 Å². The van der Waals surface area contributed by atoms with Crippen LogP contribution >= 0.6 is 0 Å². The Bertz CT molecular complexity index is 630. The summed E-state index contributed by atoms with van der Waals surface area (Å²) in [6.07, 6.45) is 6.53. The average Bonchev–Trinajstić information content (AvgIpc) is 2.96. The van der Waals surface area contributed by atoms with Gasteiger partial charge in [0, 0.05) is 6.42 Å². The molecule has 1 aliphatic rings. The predicted octanol–water partition coefficient (Wildman–Crippen LogP) is 3.87. The first-order valence-corrected chi connectivity index (χ1v) is 7.98. The van der Waals surface area contributed by atoms with Gasteiger partial charge in [0.05, 0.1) is 25.0 Å². The van der Waals surface area contributed by atoms with E-state index in [0.717, 1.165) is 12.1 Å². The summed E-state index contributed by atoms with van der Waals surface area (Å²) < 4.78 is 10.5. The molecule has 4 nitrogen and oxygen atoms in total. The van der Waals surface area contributed by atoms with Gasteiger partial charge in [-0.05, 0) is 12.0 Å². The highest BCUT2D eigenvalue weighted by molar-refractivity contribution is 5.72. The largest absolute Gasteiger partial charge is 0.447 e. The lowest BCUT2D eigenvalue weighted by Gasteiger charge is -2.22. The van der Waals surface area contributed by atoms with Crippen molar-refractivity contribution in [2.45, 2.75) is 18.9 Å². The van der Waals surface area contributed by atoms with Gasteiger partial charge in [-0.3, -0.25) is 4.90 Å². The minimum atomic E-state index is -0.335. The van der Waals surface area contributed by atoms with Gasteiger partial charge in [0.1, 0.15) is 6.61 Å². The summed E-state index contributed by atoms with van der Waals surface area (Å²) in [5, 5.41) is 0. The van der Waals surface area contributed by atoms with Crippen LogP contribution in [0.25, 0.3) is 0 Å². The number of nitrogens with zero attached hydrogens (tertiary/aromatic N) is 1. The molecule has 1 fully saturated rings. The van der Waals surface area contributed by atoms with Gasteiger partial charge in [0.15, 0.2) is 0 Å². The highest BCUT2D eigenvalue weighted by Crippen LogP contribution is 2.23. The van der Waals surface area contributed by atoms with E-state index in [0.29, 0.717) is 26.2 Å². The number of carbonyl (C=O) groups is 1. The third-order valence-corrected chi connectivity index (χ3v) is 3.70. The molecule has 1 aromatic rings. The van der Waals surface area contributed by atoms with Crippen LogP contribution in [0, 0.1) is 0 Å². The van der Waals surface area contributed by atoms with Crippen LogP contribution in [0.5, 0.6) is 0 Å². The van der Waals surface area contributed by atoms with Crippen LogP contribution < -0.4 is 0 Å². The van der Waals surface area contributed by atoms with Crippen LogP contribution in [0.15, 0.2) is 73.1 Å². The Kier molecular flexibility index (Phi) is 7.09. The summed E-state index contributed by atoms with van der Waals surface area (Å²) in [5.74, 6) is 0. The molecule has 0 saturated carbocycles. The number of hydrogen-bond donors (Lipinski definition) is 0. The molecule has 1 aliphatic heterocycles. The summed E-state index contributed by atoms with van der Waals surface area (Å²) in [7, 11) is 0. The van der Waals surface area contributed by atoms with Crippen molar-refractivity contribution in [1.82, 2.24) is 4.90 Å². The average molecular weight is 325 g/mol. The molecule has 1 heterocycles. The van der Waals surface area contributed by atoms with Crippen LogP contribution in [0.4, 0.5) is 4.79 Å². The Hall–Kier alpha value is -2.55. The molecule has 4 heteroatoms. The molecule has 0 radical (unpaired) electrons. The zero-order valence-corrected chi connectivity index (χ0v) is 13.8. The Morgan fingerprint density at radius 3 is 2.83 bits per heavy atom. The van der Waals surface area contributed by atoms with Crippen molar-refractivity contribution in [2.24, 2.45) is 0 Å². The van der Waals surface area contributed by atoms with Crippen LogP contribution in [0.3, 0.4) is 0 Å². The van der Waals surface area contributed by atoms with Crippen molar-refractivity contribution >= 4 is 6.09 Å². The van der Waals surface area contributed by atoms with Gasteiger partial charge in [-0.1, -0.05) is 55.1 Å². The van der Waals surface area contributed by atoms with Crippen molar-refractivity contribution in [2.75, 3.05) is 19.8 Å². The van der Waals surface area contributed by atoms with E-state index >= 15 is 0 Å². The number of allylic oxidation sites excluding steroid dienone is 1. The van der Waals surface area contributed by atoms with Crippen LogP contribution in [-0.2, 0) is 15.9 Å². The summed E-state index contributed by atoms with van der Waals surface area (Å²) in [6, 6.07) is 10.0. The van der Waals surface area contributed by atoms with E-state index in [2.05, 4.69) is 31.0 Å². The molecule has 1 aromatic carbocycles. The molecule has 0 N–H and O–H groups in total. The summed E-state index contributed by atoms with van der Waals surface area (Å²) in [4.78, 5) is 13.8. The number of cyclic esters (lactones) is 1. The van der Waals surface area contributed by atoms with Gasteiger partial charge in [-0.15, -0.1) is 12.3 Å². The van der Waals surface area contributed by atoms with Gasteiger partial charge < -0.3 is 9.47 Å². The summed E-state index contributed by atoms with van der Waals surface area (Å²) >= 11 is 0. The molecular weight excluding hydrogens is 302 g/mol. The Balaban J connectivity index is 1.98. The third-order valence-electron chi connectivity index (χ3n) is 3.70. The van der Waals surface area contributed by atoms with E-state index in [4.69, 9.17) is 9.47 Å². The molecule has 126 valence electrons. The Labute approximate surface area is 143 Å². The fourth-order valence-electron chi connectivity index (χ4n) is 2.57. The van der Waals surface area contributed by atoms with Gasteiger partial charge >= 0.3 is 6.09 Å². The standard InChI is InChI=1S/C20H23NO3/c1-3-13-23-14-9-8-12-18(4-2)21-19(16-24-20(21)22)15-17-10-6-5-7-11-17/h3,5-11,19H,1-2,12-16H2/b9-8+/t19-/m1/s1. The number of ether oxygens (including phenoxy) is 2. The van der Waals surface area contributed by atoms with E-state index in [1.165, 1.54) is 5.56 Å². The fourth-order valence-corrected chi connectivity index (χ4v) is 2.57. The molecule has 0 aliphatic carbocycles. The topological polar surface area (TPSA) is 38.8 Å². The van der Waals surface area contributed by atoms with E-state index in [9.17, 15) is 4.79 Å². The van der Waals surface area contributed by atoms with Gasteiger partial charge in [-0.2, -0.15) is 0 Å². The zero-order valence-electron chi connectivity index (χ0n) is 13.8. The monoisotopic (exact) mass is 325 g/mol. The maximum atomic E-state index is 12.1. The number of amides is 1. The van der Waals surface area contributed by atoms with E-state index in [1.807, 2.05) is 30.4 Å². The van der Waals surface area contributed by atoms with Crippen molar-refractivity contribution in [1.29, 1.82) is 0 Å². The second-order valence-electron chi connectivity index (χ2n) is 5.42. The molecule has 1 saturated heterocycles. The van der Waals surface area contributed by atoms with Crippen LogP contribution in [0.1, 0.15) is 12.0 Å². The first-order valence-electron chi connectivity index (χ1n) is 7.98. The normalized spacial score (nSPS) is 16.9. The van der Waals surface area contributed by atoms with Crippen LogP contribution in [-0.4, -0.2) is 36.9 Å². The molecule has 0 spiro atoms. The Morgan fingerprint density at radius 2 is 2.12 bits per heavy atom. The summed E-state index contributed by atoms with van der Waals surface area (Å²) in [5.41, 5.74) is 4.77. The fraction of sp³-hybridized carbons (Fsp3) is 0.300. The predicted molar refractivity (Wildman–Crippen MR) is 94.5 cm³/mol. The lowest BCUT2D eigenvalue weighted by Crippen LogP contribution is -2.34. The molecule has 0 unspecified atom stereocenters. The lowest BCUT2D eigenvalue weighted by atomic mass is 10.1. The van der Waals surface area contributed by atoms with Crippen molar-refractivity contribution in [3.8, 4) is 0 Å². The van der Waals surface area contributed by atoms with Crippen molar-refractivity contribution < 1.29 is 14.3 Å². The van der Waals surface area contributed by atoms with Gasteiger partial charge in [0.2, 0.25) is 0 Å². The minimum Gasteiger partial charge on any atom is -0.447 e. The molecule has 1 amide bonds. The third kappa shape index (κ3) is 4.98. The van der Waals surface area contributed by atoms with E-state index < -0.39 is 0 Å². The quantitative estimate of drug-likeness (QED) is 0.393. The highest BCUT2D eigenvalue weighted by atomic mass is 16.6. The van der Waals surface area contributed by atoms with Crippen LogP contribution in [0.2, 0.25) is 0 Å². The second-order valence-corrected chi connectivity index (χ2v) is 5.42. The van der Waals surface area contributed by atoms with Gasteiger partial charge in [0.25, 0.3) is 0 Å². The smallest absolute Gasteiger partial charge is 0.414 e. The number of benzene rings is 1. The Morgan fingerprint density at radius 1 is 1.33 bits per heavy atom. The van der Waals surface area contributed by atoms with E-state index in [1.54, 1.807) is 11.0 Å². The van der Waals surface area contributed by atoms with Crippen molar-refractivity contribution in [3.05, 3.63) is 78.7 Å². The highest BCUT2D eigenvalue weighted by Gasteiger charge is 2.35. The number of carbonyl (C=O) groups excluding carboxylic acids is 1. The first kappa shape index (κ1) is 17.8. The maximum Gasteiger partial charge on any atom is 0.414 e. The lowest BCUT2D eigenvalue weighted by molar-refractivity contribution is 0.164. The number of hydrogen-bond acceptors (Lipinski definition) is 3. The minimum absolute atomic E-state index is 0.0328. The van der Waals surface area contributed by atoms with Gasteiger partial charge in [-0.25, -0.2) is 4.79 Å². The molecule has 0 bridgehead atoms. The maximum absolute atomic E-state index is 12.1. The molecule has 0 aromatic heterocycles.